The molecule has 0 aromatic heterocycles. The summed E-state index contributed by atoms with van der Waals surface area (Å²) in [7, 11) is 0. The zero-order valence-corrected chi connectivity index (χ0v) is 9.42. The molecule has 13 heavy (non-hydrogen) atoms. The van der Waals surface area contributed by atoms with Gasteiger partial charge in [0, 0.05) is 20.0 Å². The van der Waals surface area contributed by atoms with E-state index in [1.165, 1.54) is 5.57 Å². The van der Waals surface area contributed by atoms with Gasteiger partial charge in [0.2, 0.25) is 5.91 Å². The molecule has 0 atom stereocenters. The van der Waals surface area contributed by atoms with Crippen LogP contribution in [0.15, 0.2) is 11.6 Å². The van der Waals surface area contributed by atoms with Crippen LogP contribution in [0.25, 0.3) is 0 Å². The summed E-state index contributed by atoms with van der Waals surface area (Å²) in [6.07, 6.45) is 2.16. The van der Waals surface area contributed by atoms with Crippen LogP contribution in [-0.4, -0.2) is 23.9 Å². The minimum Gasteiger partial charge on any atom is -0.335 e. The van der Waals surface area contributed by atoms with E-state index in [1.807, 2.05) is 18.7 Å². The molecule has 0 aliphatic carbocycles. The van der Waals surface area contributed by atoms with Crippen molar-refractivity contribution < 1.29 is 4.79 Å². The summed E-state index contributed by atoms with van der Waals surface area (Å²) in [4.78, 5) is 12.8. The van der Waals surface area contributed by atoms with Crippen molar-refractivity contribution in [2.45, 2.75) is 34.6 Å². The van der Waals surface area contributed by atoms with Crippen molar-refractivity contribution in [1.29, 1.82) is 0 Å². The van der Waals surface area contributed by atoms with Crippen LogP contribution in [0.3, 0.4) is 0 Å². The Balaban J connectivity index is 0.000000671. The first-order valence-corrected chi connectivity index (χ1v) is 5.05. The maximum atomic E-state index is 10.9. The van der Waals surface area contributed by atoms with Crippen LogP contribution in [0.4, 0.5) is 0 Å². The summed E-state index contributed by atoms with van der Waals surface area (Å²) in [6.45, 7) is 11.6. The molecule has 0 unspecified atom stereocenters. The van der Waals surface area contributed by atoms with Gasteiger partial charge in [0.25, 0.3) is 0 Å². The maximum absolute atomic E-state index is 10.9. The lowest BCUT2D eigenvalue weighted by Crippen LogP contribution is -2.26. The third-order valence-electron chi connectivity index (χ3n) is 2.13. The Kier molecular flexibility index (Phi) is 5.44. The van der Waals surface area contributed by atoms with Crippen LogP contribution in [0, 0.1) is 5.92 Å². The SMILES string of the molecule is CC.CC(=O)N1CC=C(C(C)C)C1. The van der Waals surface area contributed by atoms with E-state index >= 15 is 0 Å². The molecule has 0 spiro atoms. The molecule has 1 amide bonds. The lowest BCUT2D eigenvalue weighted by atomic mass is 10.1. The van der Waals surface area contributed by atoms with E-state index in [1.54, 1.807) is 6.92 Å². The van der Waals surface area contributed by atoms with Crippen LogP contribution in [0.5, 0.6) is 0 Å². The number of carbonyl (C=O) groups is 1. The number of hydrogen-bond acceptors (Lipinski definition) is 1. The monoisotopic (exact) mass is 183 g/mol. The summed E-state index contributed by atoms with van der Waals surface area (Å²) >= 11 is 0. The van der Waals surface area contributed by atoms with E-state index in [0.29, 0.717) is 5.92 Å². The highest BCUT2D eigenvalue weighted by atomic mass is 16.2. The molecular weight excluding hydrogens is 162 g/mol. The fraction of sp³-hybridized carbons (Fsp3) is 0.727. The summed E-state index contributed by atoms with van der Waals surface area (Å²) < 4.78 is 0. The molecule has 1 aliphatic heterocycles. The van der Waals surface area contributed by atoms with Crippen LogP contribution in [0.1, 0.15) is 34.6 Å². The molecule has 0 saturated heterocycles. The van der Waals surface area contributed by atoms with Crippen molar-refractivity contribution in [2.75, 3.05) is 13.1 Å². The Morgan fingerprint density at radius 3 is 2.23 bits per heavy atom. The second-order valence-electron chi connectivity index (χ2n) is 3.33. The number of nitrogens with zero attached hydrogens (tertiary/aromatic N) is 1. The molecule has 0 N–H and O–H groups in total. The van der Waals surface area contributed by atoms with Gasteiger partial charge in [-0.1, -0.05) is 39.3 Å². The standard InChI is InChI=1S/C9H15NO.C2H6/c1-7(2)9-4-5-10(6-9)8(3)11;1-2/h4,7H,5-6H2,1-3H3;1-2H3. The van der Waals surface area contributed by atoms with Crippen LogP contribution in [0.2, 0.25) is 0 Å². The number of rotatable bonds is 1. The summed E-state index contributed by atoms with van der Waals surface area (Å²) in [5.74, 6) is 0.760. The second kappa shape index (κ2) is 5.79. The molecular formula is C11H21NO. The minimum atomic E-state index is 0.178. The van der Waals surface area contributed by atoms with Crippen molar-refractivity contribution in [3.05, 3.63) is 11.6 Å². The predicted molar refractivity (Wildman–Crippen MR) is 56.5 cm³/mol. The lowest BCUT2D eigenvalue weighted by Gasteiger charge is -2.14. The molecule has 0 saturated carbocycles. The third-order valence-corrected chi connectivity index (χ3v) is 2.13. The quantitative estimate of drug-likeness (QED) is 0.572. The molecule has 1 rings (SSSR count). The van der Waals surface area contributed by atoms with Gasteiger partial charge < -0.3 is 4.90 Å². The van der Waals surface area contributed by atoms with E-state index < -0.39 is 0 Å². The fourth-order valence-corrected chi connectivity index (χ4v) is 1.24. The number of amides is 1. The van der Waals surface area contributed by atoms with Crippen molar-refractivity contribution in [1.82, 2.24) is 4.90 Å². The van der Waals surface area contributed by atoms with E-state index in [2.05, 4.69) is 19.9 Å². The normalized spacial score (nSPS) is 15.2. The zero-order valence-electron chi connectivity index (χ0n) is 9.42. The highest BCUT2D eigenvalue weighted by Gasteiger charge is 2.17. The smallest absolute Gasteiger partial charge is 0.220 e. The molecule has 0 radical (unpaired) electrons. The average molecular weight is 183 g/mol. The van der Waals surface area contributed by atoms with Gasteiger partial charge >= 0.3 is 0 Å². The third kappa shape index (κ3) is 3.62. The van der Waals surface area contributed by atoms with Crippen LogP contribution in [-0.2, 0) is 4.79 Å². The first-order chi connectivity index (χ1) is 6.11. The fourth-order valence-electron chi connectivity index (χ4n) is 1.24. The van der Waals surface area contributed by atoms with E-state index in [4.69, 9.17) is 0 Å². The predicted octanol–water partition coefficient (Wildman–Crippen LogP) is 2.46. The Labute approximate surface area is 81.6 Å². The average Bonchev–Trinajstić information content (AvgIpc) is 2.56. The first kappa shape index (κ1) is 12.2. The number of carbonyl (C=O) groups excluding carboxylic acids is 1. The largest absolute Gasteiger partial charge is 0.335 e. The molecule has 76 valence electrons. The Morgan fingerprint density at radius 1 is 1.46 bits per heavy atom. The van der Waals surface area contributed by atoms with Gasteiger partial charge in [0.1, 0.15) is 0 Å². The molecule has 0 fully saturated rings. The first-order valence-electron chi connectivity index (χ1n) is 5.05. The highest BCUT2D eigenvalue weighted by molar-refractivity contribution is 5.74. The van der Waals surface area contributed by atoms with E-state index in [0.717, 1.165) is 13.1 Å². The Hall–Kier alpha value is -0.790. The topological polar surface area (TPSA) is 20.3 Å². The second-order valence-corrected chi connectivity index (χ2v) is 3.33. The van der Waals surface area contributed by atoms with E-state index in [-0.39, 0.29) is 5.91 Å². The van der Waals surface area contributed by atoms with Gasteiger partial charge in [-0.3, -0.25) is 4.79 Å². The summed E-state index contributed by atoms with van der Waals surface area (Å²) in [6, 6.07) is 0. The molecule has 2 heteroatoms. The maximum Gasteiger partial charge on any atom is 0.220 e. The van der Waals surface area contributed by atoms with Gasteiger partial charge in [-0.05, 0) is 5.92 Å². The lowest BCUT2D eigenvalue weighted by molar-refractivity contribution is -0.127. The van der Waals surface area contributed by atoms with Crippen molar-refractivity contribution in [3.63, 3.8) is 0 Å². The molecule has 0 aromatic carbocycles. The summed E-state index contributed by atoms with van der Waals surface area (Å²) in [5, 5.41) is 0. The van der Waals surface area contributed by atoms with Crippen LogP contribution < -0.4 is 0 Å². The van der Waals surface area contributed by atoms with Gasteiger partial charge in [-0.15, -0.1) is 0 Å². The van der Waals surface area contributed by atoms with Gasteiger partial charge in [0.05, 0.1) is 0 Å². The van der Waals surface area contributed by atoms with E-state index in [9.17, 15) is 4.79 Å². The van der Waals surface area contributed by atoms with Gasteiger partial charge in [-0.25, -0.2) is 0 Å². The van der Waals surface area contributed by atoms with Crippen molar-refractivity contribution in [2.24, 2.45) is 5.92 Å². The molecule has 1 heterocycles. The number of hydrogen-bond donors (Lipinski definition) is 0. The Bertz CT molecular complexity index is 194. The van der Waals surface area contributed by atoms with Crippen molar-refractivity contribution in [3.8, 4) is 0 Å². The van der Waals surface area contributed by atoms with Gasteiger partial charge in [0.15, 0.2) is 0 Å². The summed E-state index contributed by atoms with van der Waals surface area (Å²) in [5.41, 5.74) is 1.39. The molecule has 2 nitrogen and oxygen atoms in total. The molecule has 1 aliphatic rings. The van der Waals surface area contributed by atoms with Crippen molar-refractivity contribution >= 4 is 5.91 Å². The highest BCUT2D eigenvalue weighted by Crippen LogP contribution is 2.16. The molecule has 0 aromatic rings. The van der Waals surface area contributed by atoms with Gasteiger partial charge in [-0.2, -0.15) is 0 Å². The molecule has 0 bridgehead atoms. The Morgan fingerprint density at radius 2 is 2.00 bits per heavy atom. The zero-order chi connectivity index (χ0) is 10.4. The van der Waals surface area contributed by atoms with Crippen LogP contribution >= 0.6 is 0 Å². The minimum absolute atomic E-state index is 0.178.